The van der Waals surface area contributed by atoms with Crippen LogP contribution in [0.1, 0.15) is 17.7 Å². The first-order chi connectivity index (χ1) is 15.6. The summed E-state index contributed by atoms with van der Waals surface area (Å²) in [6.07, 6.45) is 5.77. The van der Waals surface area contributed by atoms with Crippen LogP contribution in [0.25, 0.3) is 11.1 Å². The third kappa shape index (κ3) is 5.15. The number of benzene rings is 2. The van der Waals surface area contributed by atoms with Crippen LogP contribution in [-0.4, -0.2) is 23.2 Å². The van der Waals surface area contributed by atoms with Crippen molar-refractivity contribution in [2.24, 2.45) is 0 Å². The lowest BCUT2D eigenvalue weighted by atomic mass is 10.1. The van der Waals surface area contributed by atoms with Gasteiger partial charge in [0.1, 0.15) is 17.3 Å². The van der Waals surface area contributed by atoms with Gasteiger partial charge in [0.05, 0.1) is 25.3 Å². The fourth-order valence-electron chi connectivity index (χ4n) is 3.31. The molecule has 2 aromatic heterocycles. The molecule has 0 atom stereocenters. The van der Waals surface area contributed by atoms with Crippen LogP contribution in [0, 0.1) is 5.82 Å². The van der Waals surface area contributed by atoms with Crippen molar-refractivity contribution in [3.63, 3.8) is 0 Å². The minimum Gasteiger partial charge on any atom is -0.496 e. The van der Waals surface area contributed by atoms with Crippen LogP contribution >= 0.6 is 0 Å². The standard InChI is InChI=1S/C24H23FN4O3/c1-31-23-11-16(18-14-27-28-15-18)4-5-17(23)13-26-19-6-8-21(25)22(12-19)29-24(30)9-7-20-3-2-10-32-20/h2-6,8,10-12,14-15,26H,7,9,13H2,1H3,(H,27,28)(H,29,30). The van der Waals surface area contributed by atoms with Crippen molar-refractivity contribution in [2.75, 3.05) is 17.7 Å². The molecule has 0 unspecified atom stereocenters. The molecule has 0 saturated carbocycles. The highest BCUT2D eigenvalue weighted by atomic mass is 19.1. The second-order valence-electron chi connectivity index (χ2n) is 7.19. The number of hydrogen-bond donors (Lipinski definition) is 3. The molecule has 8 heteroatoms. The molecular weight excluding hydrogens is 411 g/mol. The highest BCUT2D eigenvalue weighted by Crippen LogP contribution is 2.28. The van der Waals surface area contributed by atoms with Crippen LogP contribution in [-0.2, 0) is 17.8 Å². The quantitative estimate of drug-likeness (QED) is 0.345. The number of aryl methyl sites for hydroxylation is 1. The second-order valence-corrected chi connectivity index (χ2v) is 7.19. The number of halogens is 1. The Morgan fingerprint density at radius 1 is 1.19 bits per heavy atom. The van der Waals surface area contributed by atoms with E-state index in [4.69, 9.17) is 9.15 Å². The molecule has 164 valence electrons. The molecule has 0 radical (unpaired) electrons. The number of rotatable bonds is 9. The van der Waals surface area contributed by atoms with Gasteiger partial charge >= 0.3 is 0 Å². The molecule has 1 amide bonds. The molecule has 0 spiro atoms. The number of amides is 1. The predicted molar refractivity (Wildman–Crippen MR) is 120 cm³/mol. The van der Waals surface area contributed by atoms with Crippen molar-refractivity contribution in [3.05, 3.63) is 84.3 Å². The van der Waals surface area contributed by atoms with E-state index in [9.17, 15) is 9.18 Å². The Morgan fingerprint density at radius 3 is 2.84 bits per heavy atom. The maximum Gasteiger partial charge on any atom is 0.224 e. The van der Waals surface area contributed by atoms with Crippen LogP contribution in [0.5, 0.6) is 5.75 Å². The lowest BCUT2D eigenvalue weighted by Gasteiger charge is -2.13. The minimum absolute atomic E-state index is 0.127. The zero-order chi connectivity index (χ0) is 22.3. The third-order valence-electron chi connectivity index (χ3n) is 5.02. The van der Waals surface area contributed by atoms with E-state index < -0.39 is 5.82 Å². The molecule has 0 aliphatic rings. The Balaban J connectivity index is 1.40. The maximum absolute atomic E-state index is 14.2. The number of nitrogens with zero attached hydrogens (tertiary/aromatic N) is 1. The average Bonchev–Trinajstić information content (AvgIpc) is 3.52. The normalized spacial score (nSPS) is 10.7. The summed E-state index contributed by atoms with van der Waals surface area (Å²) in [7, 11) is 1.62. The summed E-state index contributed by atoms with van der Waals surface area (Å²) in [6, 6.07) is 14.0. The summed E-state index contributed by atoms with van der Waals surface area (Å²) in [6.45, 7) is 0.465. The van der Waals surface area contributed by atoms with Gasteiger partial charge in [0.15, 0.2) is 0 Å². The molecule has 0 aliphatic heterocycles. The number of nitrogens with one attached hydrogen (secondary N) is 3. The first-order valence-corrected chi connectivity index (χ1v) is 10.1. The molecule has 2 heterocycles. The van der Waals surface area contributed by atoms with E-state index >= 15 is 0 Å². The van der Waals surface area contributed by atoms with E-state index in [1.165, 1.54) is 6.07 Å². The fraction of sp³-hybridized carbons (Fsp3) is 0.167. The average molecular weight is 434 g/mol. The highest BCUT2D eigenvalue weighted by molar-refractivity contribution is 5.91. The Labute approximate surface area is 184 Å². The monoisotopic (exact) mass is 434 g/mol. The summed E-state index contributed by atoms with van der Waals surface area (Å²) in [5.41, 5.74) is 3.69. The number of H-pyrrole nitrogens is 1. The van der Waals surface area contributed by atoms with E-state index in [0.717, 1.165) is 22.4 Å². The van der Waals surface area contributed by atoms with Crippen LogP contribution in [0.3, 0.4) is 0 Å². The molecule has 0 fully saturated rings. The predicted octanol–water partition coefficient (Wildman–Crippen LogP) is 5.00. The van der Waals surface area contributed by atoms with Gasteiger partial charge in [-0.3, -0.25) is 9.89 Å². The molecule has 7 nitrogen and oxygen atoms in total. The number of hydrogen-bond acceptors (Lipinski definition) is 5. The molecule has 3 N–H and O–H groups in total. The van der Waals surface area contributed by atoms with Gasteiger partial charge in [-0.05, 0) is 42.0 Å². The lowest BCUT2D eigenvalue weighted by molar-refractivity contribution is -0.116. The van der Waals surface area contributed by atoms with Gasteiger partial charge in [0.2, 0.25) is 5.91 Å². The molecule has 0 bridgehead atoms. The Hall–Kier alpha value is -4.07. The topological polar surface area (TPSA) is 92.2 Å². The van der Waals surface area contributed by atoms with Crippen LogP contribution in [0.2, 0.25) is 0 Å². The van der Waals surface area contributed by atoms with Gasteiger partial charge < -0.3 is 19.8 Å². The van der Waals surface area contributed by atoms with Gasteiger partial charge in [-0.2, -0.15) is 5.10 Å². The van der Waals surface area contributed by atoms with Gasteiger partial charge in [-0.25, -0.2) is 4.39 Å². The molecule has 4 aromatic rings. The summed E-state index contributed by atoms with van der Waals surface area (Å²) < 4.78 is 25.0. The van der Waals surface area contributed by atoms with Crippen LogP contribution in [0.15, 0.2) is 71.6 Å². The summed E-state index contributed by atoms with van der Waals surface area (Å²) in [5.74, 6) is 0.659. The third-order valence-corrected chi connectivity index (χ3v) is 5.02. The molecule has 0 saturated heterocycles. The lowest BCUT2D eigenvalue weighted by Crippen LogP contribution is -2.13. The summed E-state index contributed by atoms with van der Waals surface area (Å²) >= 11 is 0. The van der Waals surface area contributed by atoms with Gasteiger partial charge in [-0.1, -0.05) is 12.1 Å². The molecule has 2 aromatic carbocycles. The number of ether oxygens (including phenoxy) is 1. The van der Waals surface area contributed by atoms with Gasteiger partial charge in [-0.15, -0.1) is 0 Å². The summed E-state index contributed by atoms with van der Waals surface area (Å²) in [4.78, 5) is 12.2. The molecular formula is C24H23FN4O3. The number of aromatic nitrogens is 2. The van der Waals surface area contributed by atoms with Gasteiger partial charge in [0, 0.05) is 42.4 Å². The van der Waals surface area contributed by atoms with Crippen molar-refractivity contribution in [1.29, 1.82) is 0 Å². The van der Waals surface area contributed by atoms with E-state index in [1.54, 1.807) is 43.8 Å². The van der Waals surface area contributed by atoms with Crippen molar-refractivity contribution in [3.8, 4) is 16.9 Å². The second kappa shape index (κ2) is 9.82. The number of furan rings is 1. The number of aromatic amines is 1. The van der Waals surface area contributed by atoms with Gasteiger partial charge in [0.25, 0.3) is 0 Å². The smallest absolute Gasteiger partial charge is 0.224 e. The minimum atomic E-state index is -0.496. The Kier molecular flexibility index (Phi) is 6.50. The first-order valence-electron chi connectivity index (χ1n) is 10.1. The van der Waals surface area contributed by atoms with Crippen LogP contribution in [0.4, 0.5) is 15.8 Å². The largest absolute Gasteiger partial charge is 0.496 e. The van der Waals surface area contributed by atoms with Crippen molar-refractivity contribution < 1.29 is 18.3 Å². The number of carbonyl (C=O) groups excluding carboxylic acids is 1. The number of carbonyl (C=O) groups is 1. The SMILES string of the molecule is COc1cc(-c2cn[nH]c2)ccc1CNc1ccc(F)c(NC(=O)CCc2ccco2)c1. The van der Waals surface area contributed by atoms with Crippen molar-refractivity contribution in [1.82, 2.24) is 10.2 Å². The Morgan fingerprint density at radius 2 is 2.09 bits per heavy atom. The molecule has 32 heavy (non-hydrogen) atoms. The fourth-order valence-corrected chi connectivity index (χ4v) is 3.31. The number of methoxy groups -OCH3 is 1. The number of anilines is 2. The zero-order valence-corrected chi connectivity index (χ0v) is 17.5. The van der Waals surface area contributed by atoms with Crippen LogP contribution < -0.4 is 15.4 Å². The Bertz CT molecular complexity index is 1170. The van der Waals surface area contributed by atoms with Crippen molar-refractivity contribution >= 4 is 17.3 Å². The first kappa shape index (κ1) is 21.2. The van der Waals surface area contributed by atoms with E-state index in [1.807, 2.05) is 24.4 Å². The maximum atomic E-state index is 14.2. The molecule has 0 aliphatic carbocycles. The summed E-state index contributed by atoms with van der Waals surface area (Å²) in [5, 5.41) is 12.6. The van der Waals surface area contributed by atoms with E-state index in [2.05, 4.69) is 20.8 Å². The van der Waals surface area contributed by atoms with E-state index in [0.29, 0.717) is 24.4 Å². The van der Waals surface area contributed by atoms with Crippen molar-refractivity contribution in [2.45, 2.75) is 19.4 Å². The van der Waals surface area contributed by atoms with E-state index in [-0.39, 0.29) is 18.0 Å². The zero-order valence-electron chi connectivity index (χ0n) is 17.5. The highest BCUT2D eigenvalue weighted by Gasteiger charge is 2.11. The molecule has 4 rings (SSSR count).